The lowest BCUT2D eigenvalue weighted by Crippen LogP contribution is -2.27. The summed E-state index contributed by atoms with van der Waals surface area (Å²) < 4.78 is 16.1. The topological polar surface area (TPSA) is 44.8 Å². The van der Waals surface area contributed by atoms with Crippen LogP contribution in [0.25, 0.3) is 0 Å². The van der Waals surface area contributed by atoms with Crippen molar-refractivity contribution < 1.29 is 19.0 Å². The zero-order valence-electron chi connectivity index (χ0n) is 9.32. The average Bonchev–Trinajstić information content (AvgIpc) is 2.85. The summed E-state index contributed by atoms with van der Waals surface area (Å²) in [4.78, 5) is 11.6. The fourth-order valence-electron chi connectivity index (χ4n) is 2.72. The second kappa shape index (κ2) is 4.10. The maximum Gasteiger partial charge on any atom is 0.309 e. The molecule has 86 valence electrons. The maximum atomic E-state index is 11.6. The molecule has 0 N–H and O–H groups in total. The lowest BCUT2D eigenvalue weighted by molar-refractivity contribution is -0.161. The monoisotopic (exact) mass is 214 g/mol. The summed E-state index contributed by atoms with van der Waals surface area (Å²) >= 11 is 0. The predicted octanol–water partition coefficient (Wildman–Crippen LogP) is 1.34. The molecule has 2 fully saturated rings. The molecule has 4 nitrogen and oxygen atoms in total. The van der Waals surface area contributed by atoms with Crippen LogP contribution in [0.2, 0.25) is 0 Å². The average molecular weight is 214 g/mol. The number of hydrogen-bond donors (Lipinski definition) is 0. The zero-order valence-corrected chi connectivity index (χ0v) is 9.32. The molecule has 1 saturated carbocycles. The quantitative estimate of drug-likeness (QED) is 0.651. The highest BCUT2D eigenvalue weighted by molar-refractivity contribution is 5.73. The van der Waals surface area contributed by atoms with Crippen molar-refractivity contribution in [1.82, 2.24) is 0 Å². The Kier molecular flexibility index (Phi) is 2.98. The summed E-state index contributed by atoms with van der Waals surface area (Å²) in [7, 11) is 1.44. The Morgan fingerprint density at radius 3 is 2.60 bits per heavy atom. The van der Waals surface area contributed by atoms with E-state index in [0.717, 1.165) is 12.8 Å². The first-order valence-corrected chi connectivity index (χ1v) is 5.56. The fourth-order valence-corrected chi connectivity index (χ4v) is 2.72. The van der Waals surface area contributed by atoms with Gasteiger partial charge in [0.2, 0.25) is 0 Å². The third-order valence-corrected chi connectivity index (χ3v) is 3.52. The SMILES string of the molecule is CCC1CC2(CC1C(=O)OC)OCCO2. The minimum Gasteiger partial charge on any atom is -0.469 e. The van der Waals surface area contributed by atoms with Gasteiger partial charge in [0, 0.05) is 12.8 Å². The van der Waals surface area contributed by atoms with Gasteiger partial charge in [-0.25, -0.2) is 0 Å². The lowest BCUT2D eigenvalue weighted by atomic mass is 9.94. The molecule has 1 aliphatic carbocycles. The first kappa shape index (κ1) is 10.9. The molecule has 0 aromatic carbocycles. The van der Waals surface area contributed by atoms with Crippen LogP contribution < -0.4 is 0 Å². The summed E-state index contributed by atoms with van der Waals surface area (Å²) in [5, 5.41) is 0. The minimum absolute atomic E-state index is 0.0573. The second-order valence-corrected chi connectivity index (χ2v) is 4.31. The van der Waals surface area contributed by atoms with Crippen molar-refractivity contribution in [3.8, 4) is 0 Å². The Morgan fingerprint density at radius 2 is 2.07 bits per heavy atom. The van der Waals surface area contributed by atoms with Gasteiger partial charge < -0.3 is 14.2 Å². The van der Waals surface area contributed by atoms with E-state index in [4.69, 9.17) is 14.2 Å². The number of hydrogen-bond acceptors (Lipinski definition) is 4. The molecule has 15 heavy (non-hydrogen) atoms. The first-order chi connectivity index (χ1) is 7.21. The van der Waals surface area contributed by atoms with E-state index in [2.05, 4.69) is 6.92 Å². The predicted molar refractivity (Wildman–Crippen MR) is 53.2 cm³/mol. The third-order valence-electron chi connectivity index (χ3n) is 3.52. The van der Waals surface area contributed by atoms with Crippen LogP contribution in [-0.4, -0.2) is 32.1 Å². The maximum absolute atomic E-state index is 11.6. The van der Waals surface area contributed by atoms with Crippen LogP contribution in [0.5, 0.6) is 0 Å². The molecule has 0 aromatic heterocycles. The van der Waals surface area contributed by atoms with Gasteiger partial charge in [-0.05, 0) is 5.92 Å². The number of ether oxygens (including phenoxy) is 3. The van der Waals surface area contributed by atoms with Crippen molar-refractivity contribution in [2.24, 2.45) is 11.8 Å². The summed E-state index contributed by atoms with van der Waals surface area (Å²) in [6.07, 6.45) is 2.44. The largest absolute Gasteiger partial charge is 0.469 e. The Morgan fingerprint density at radius 1 is 1.40 bits per heavy atom. The summed E-state index contributed by atoms with van der Waals surface area (Å²) in [5.41, 5.74) is 0. The Bertz CT molecular complexity index is 245. The molecule has 1 aliphatic heterocycles. The number of carbonyl (C=O) groups is 1. The molecule has 0 aromatic rings. The third kappa shape index (κ3) is 1.88. The Labute approximate surface area is 89.9 Å². The Hall–Kier alpha value is -0.610. The standard InChI is InChI=1S/C11H18O4/c1-3-8-6-11(14-4-5-15-11)7-9(8)10(12)13-2/h8-9H,3-7H2,1-2H3. The van der Waals surface area contributed by atoms with Gasteiger partial charge in [-0.2, -0.15) is 0 Å². The van der Waals surface area contributed by atoms with Crippen molar-refractivity contribution >= 4 is 5.97 Å². The molecule has 2 rings (SSSR count). The van der Waals surface area contributed by atoms with Gasteiger partial charge >= 0.3 is 5.97 Å². The molecule has 2 unspecified atom stereocenters. The van der Waals surface area contributed by atoms with Crippen LogP contribution in [0.3, 0.4) is 0 Å². The fraction of sp³-hybridized carbons (Fsp3) is 0.909. The van der Waals surface area contributed by atoms with Crippen LogP contribution in [0.4, 0.5) is 0 Å². The van der Waals surface area contributed by atoms with Gasteiger partial charge in [0.05, 0.1) is 26.2 Å². The van der Waals surface area contributed by atoms with E-state index in [-0.39, 0.29) is 11.9 Å². The van der Waals surface area contributed by atoms with Crippen LogP contribution in [0, 0.1) is 11.8 Å². The second-order valence-electron chi connectivity index (χ2n) is 4.31. The van der Waals surface area contributed by atoms with Gasteiger partial charge in [0.15, 0.2) is 5.79 Å². The molecule has 1 saturated heterocycles. The zero-order chi connectivity index (χ0) is 10.9. The van der Waals surface area contributed by atoms with Crippen molar-refractivity contribution in [1.29, 1.82) is 0 Å². The van der Waals surface area contributed by atoms with Crippen LogP contribution in [-0.2, 0) is 19.0 Å². The molecular weight excluding hydrogens is 196 g/mol. The Balaban J connectivity index is 2.09. The van der Waals surface area contributed by atoms with Gasteiger partial charge in [-0.1, -0.05) is 13.3 Å². The van der Waals surface area contributed by atoms with E-state index < -0.39 is 5.79 Å². The lowest BCUT2D eigenvalue weighted by Gasteiger charge is -2.21. The summed E-state index contributed by atoms with van der Waals surface area (Å²) in [6, 6.07) is 0. The van der Waals surface area contributed by atoms with Crippen molar-refractivity contribution in [3.63, 3.8) is 0 Å². The van der Waals surface area contributed by atoms with Gasteiger partial charge in [0.1, 0.15) is 0 Å². The van der Waals surface area contributed by atoms with Crippen molar-refractivity contribution in [3.05, 3.63) is 0 Å². The molecule has 2 aliphatic rings. The molecule has 4 heteroatoms. The van der Waals surface area contributed by atoms with E-state index in [0.29, 0.717) is 25.6 Å². The minimum atomic E-state index is -0.487. The highest BCUT2D eigenvalue weighted by Crippen LogP contribution is 2.46. The van der Waals surface area contributed by atoms with Crippen LogP contribution in [0.15, 0.2) is 0 Å². The van der Waals surface area contributed by atoms with Crippen molar-refractivity contribution in [2.45, 2.75) is 32.0 Å². The van der Waals surface area contributed by atoms with Gasteiger partial charge in [-0.3, -0.25) is 4.79 Å². The molecule has 0 bridgehead atoms. The van der Waals surface area contributed by atoms with Crippen LogP contribution in [0.1, 0.15) is 26.2 Å². The molecule has 1 spiro atoms. The number of esters is 1. The highest BCUT2D eigenvalue weighted by atomic mass is 16.7. The summed E-state index contributed by atoms with van der Waals surface area (Å²) in [6.45, 7) is 3.38. The highest BCUT2D eigenvalue weighted by Gasteiger charge is 2.51. The molecule has 2 atom stereocenters. The molecular formula is C11H18O4. The number of rotatable bonds is 2. The number of methoxy groups -OCH3 is 1. The van der Waals surface area contributed by atoms with Gasteiger partial charge in [0.25, 0.3) is 0 Å². The molecule has 0 amide bonds. The van der Waals surface area contributed by atoms with E-state index in [1.54, 1.807) is 0 Å². The molecule has 0 radical (unpaired) electrons. The van der Waals surface area contributed by atoms with Crippen molar-refractivity contribution in [2.75, 3.05) is 20.3 Å². The van der Waals surface area contributed by atoms with E-state index in [1.807, 2.05) is 0 Å². The number of carbonyl (C=O) groups excluding carboxylic acids is 1. The normalized spacial score (nSPS) is 33.5. The summed E-state index contributed by atoms with van der Waals surface area (Å²) in [5.74, 6) is -0.342. The first-order valence-electron chi connectivity index (χ1n) is 5.56. The van der Waals surface area contributed by atoms with Crippen LogP contribution >= 0.6 is 0 Å². The van der Waals surface area contributed by atoms with E-state index >= 15 is 0 Å². The van der Waals surface area contributed by atoms with E-state index in [1.165, 1.54) is 7.11 Å². The smallest absolute Gasteiger partial charge is 0.309 e. The molecule has 1 heterocycles. The van der Waals surface area contributed by atoms with Gasteiger partial charge in [-0.15, -0.1) is 0 Å². The van der Waals surface area contributed by atoms with E-state index in [9.17, 15) is 4.79 Å².